The van der Waals surface area contributed by atoms with Gasteiger partial charge in [-0.2, -0.15) is 5.10 Å². The minimum absolute atomic E-state index is 0.172. The Balaban J connectivity index is 2.01. The highest BCUT2D eigenvalue weighted by Crippen LogP contribution is 2.29. The number of anilines is 1. The standard InChI is InChI=1S/C14H19N3O2/c1-3-8-17-9-7-13(16-17)15-10-11-5-4-6-12(19-2)14(11)18/h4-7,9,18H,3,8,10H2,1-2H3,(H,15,16). The van der Waals surface area contributed by atoms with Gasteiger partial charge in [0, 0.05) is 30.9 Å². The van der Waals surface area contributed by atoms with Gasteiger partial charge < -0.3 is 15.2 Å². The number of benzene rings is 1. The van der Waals surface area contributed by atoms with Crippen molar-refractivity contribution < 1.29 is 9.84 Å². The van der Waals surface area contributed by atoms with Crippen molar-refractivity contribution in [3.63, 3.8) is 0 Å². The van der Waals surface area contributed by atoms with E-state index in [0.29, 0.717) is 12.3 Å². The lowest BCUT2D eigenvalue weighted by molar-refractivity contribution is 0.371. The van der Waals surface area contributed by atoms with Gasteiger partial charge in [0.05, 0.1) is 7.11 Å². The molecule has 2 rings (SSSR count). The zero-order valence-electron chi connectivity index (χ0n) is 11.3. The molecule has 0 saturated heterocycles. The smallest absolute Gasteiger partial charge is 0.162 e. The number of hydrogen-bond acceptors (Lipinski definition) is 4. The Morgan fingerprint density at radius 2 is 2.21 bits per heavy atom. The highest BCUT2D eigenvalue weighted by Gasteiger charge is 2.07. The second-order valence-corrected chi connectivity index (χ2v) is 4.29. The number of para-hydroxylation sites is 1. The Bertz CT molecular complexity index is 537. The van der Waals surface area contributed by atoms with E-state index in [1.807, 2.05) is 29.1 Å². The quantitative estimate of drug-likeness (QED) is 0.839. The number of ether oxygens (including phenoxy) is 1. The van der Waals surface area contributed by atoms with Crippen LogP contribution in [0.1, 0.15) is 18.9 Å². The predicted molar refractivity (Wildman–Crippen MR) is 74.5 cm³/mol. The first kappa shape index (κ1) is 13.3. The SMILES string of the molecule is CCCn1ccc(NCc2cccc(OC)c2O)n1. The number of aryl methyl sites for hydroxylation is 1. The van der Waals surface area contributed by atoms with Crippen molar-refractivity contribution in [3.8, 4) is 11.5 Å². The van der Waals surface area contributed by atoms with Crippen LogP contribution in [-0.2, 0) is 13.1 Å². The molecular weight excluding hydrogens is 242 g/mol. The van der Waals surface area contributed by atoms with Gasteiger partial charge in [-0.25, -0.2) is 0 Å². The van der Waals surface area contributed by atoms with Gasteiger partial charge in [-0.3, -0.25) is 4.68 Å². The van der Waals surface area contributed by atoms with Crippen LogP contribution >= 0.6 is 0 Å². The van der Waals surface area contributed by atoms with E-state index >= 15 is 0 Å². The van der Waals surface area contributed by atoms with Crippen LogP contribution in [0.3, 0.4) is 0 Å². The van der Waals surface area contributed by atoms with Gasteiger partial charge >= 0.3 is 0 Å². The molecular formula is C14H19N3O2. The highest BCUT2D eigenvalue weighted by molar-refractivity contribution is 5.47. The lowest BCUT2D eigenvalue weighted by atomic mass is 10.2. The fraction of sp³-hybridized carbons (Fsp3) is 0.357. The van der Waals surface area contributed by atoms with Crippen LogP contribution in [-0.4, -0.2) is 22.0 Å². The lowest BCUT2D eigenvalue weighted by Crippen LogP contribution is -2.03. The number of rotatable bonds is 6. The largest absolute Gasteiger partial charge is 0.504 e. The number of aromatic nitrogens is 2. The van der Waals surface area contributed by atoms with E-state index < -0.39 is 0 Å². The topological polar surface area (TPSA) is 59.3 Å². The van der Waals surface area contributed by atoms with Crippen molar-refractivity contribution in [2.75, 3.05) is 12.4 Å². The predicted octanol–water partition coefficient (Wildman–Crippen LogP) is 2.62. The molecule has 0 aliphatic heterocycles. The first-order valence-corrected chi connectivity index (χ1v) is 6.36. The molecule has 0 saturated carbocycles. The maximum atomic E-state index is 9.97. The van der Waals surface area contributed by atoms with E-state index in [9.17, 15) is 5.11 Å². The normalized spacial score (nSPS) is 10.4. The molecule has 1 aromatic heterocycles. The minimum atomic E-state index is 0.172. The van der Waals surface area contributed by atoms with Crippen LogP contribution in [0.2, 0.25) is 0 Å². The number of hydrogen-bond donors (Lipinski definition) is 2. The summed E-state index contributed by atoms with van der Waals surface area (Å²) in [4.78, 5) is 0. The minimum Gasteiger partial charge on any atom is -0.504 e. The molecule has 0 aliphatic rings. The first-order chi connectivity index (χ1) is 9.24. The second-order valence-electron chi connectivity index (χ2n) is 4.29. The van der Waals surface area contributed by atoms with E-state index in [2.05, 4.69) is 17.3 Å². The summed E-state index contributed by atoms with van der Waals surface area (Å²) in [6.07, 6.45) is 3.00. The van der Waals surface area contributed by atoms with E-state index in [1.165, 1.54) is 0 Å². The van der Waals surface area contributed by atoms with Gasteiger partial charge in [-0.05, 0) is 12.5 Å². The summed E-state index contributed by atoms with van der Waals surface area (Å²) >= 11 is 0. The molecule has 5 heteroatoms. The number of nitrogens with one attached hydrogen (secondary N) is 1. The molecule has 2 N–H and O–H groups in total. The van der Waals surface area contributed by atoms with Crippen molar-refractivity contribution in [3.05, 3.63) is 36.0 Å². The molecule has 0 fully saturated rings. The average molecular weight is 261 g/mol. The summed E-state index contributed by atoms with van der Waals surface area (Å²) in [5, 5.41) is 17.5. The molecule has 0 atom stereocenters. The Morgan fingerprint density at radius 1 is 1.37 bits per heavy atom. The maximum absolute atomic E-state index is 9.97. The molecule has 0 amide bonds. The monoisotopic (exact) mass is 261 g/mol. The second kappa shape index (κ2) is 6.13. The molecule has 0 spiro atoms. The molecule has 19 heavy (non-hydrogen) atoms. The molecule has 0 unspecified atom stereocenters. The zero-order valence-corrected chi connectivity index (χ0v) is 11.3. The molecule has 5 nitrogen and oxygen atoms in total. The molecule has 0 aliphatic carbocycles. The van der Waals surface area contributed by atoms with Crippen molar-refractivity contribution in [1.29, 1.82) is 0 Å². The zero-order chi connectivity index (χ0) is 13.7. The van der Waals surface area contributed by atoms with Crippen LogP contribution in [0, 0.1) is 0 Å². The molecule has 2 aromatic rings. The van der Waals surface area contributed by atoms with Crippen LogP contribution in [0.15, 0.2) is 30.5 Å². The number of aromatic hydroxyl groups is 1. The van der Waals surface area contributed by atoms with Crippen LogP contribution < -0.4 is 10.1 Å². The van der Waals surface area contributed by atoms with E-state index in [-0.39, 0.29) is 5.75 Å². The Hall–Kier alpha value is -2.17. The number of phenols is 1. The van der Waals surface area contributed by atoms with E-state index in [4.69, 9.17) is 4.74 Å². The molecule has 0 radical (unpaired) electrons. The van der Waals surface area contributed by atoms with Gasteiger partial charge in [0.2, 0.25) is 0 Å². The number of phenolic OH excluding ortho intramolecular Hbond substituents is 1. The first-order valence-electron chi connectivity index (χ1n) is 6.36. The number of nitrogens with zero attached hydrogens (tertiary/aromatic N) is 2. The highest BCUT2D eigenvalue weighted by atomic mass is 16.5. The maximum Gasteiger partial charge on any atom is 0.162 e. The summed E-state index contributed by atoms with van der Waals surface area (Å²) in [6, 6.07) is 7.36. The summed E-state index contributed by atoms with van der Waals surface area (Å²) in [5.74, 6) is 1.46. The molecule has 1 heterocycles. The van der Waals surface area contributed by atoms with E-state index in [0.717, 1.165) is 24.3 Å². The molecule has 1 aromatic carbocycles. The van der Waals surface area contributed by atoms with E-state index in [1.54, 1.807) is 13.2 Å². The van der Waals surface area contributed by atoms with Crippen LogP contribution in [0.25, 0.3) is 0 Å². The van der Waals surface area contributed by atoms with Crippen molar-refractivity contribution in [1.82, 2.24) is 9.78 Å². The lowest BCUT2D eigenvalue weighted by Gasteiger charge is -2.09. The summed E-state index contributed by atoms with van der Waals surface area (Å²) in [5.41, 5.74) is 0.782. The Kier molecular flexibility index (Phi) is 4.28. The third-order valence-electron chi connectivity index (χ3n) is 2.86. The van der Waals surface area contributed by atoms with Gasteiger partial charge in [0.25, 0.3) is 0 Å². The average Bonchev–Trinajstić information content (AvgIpc) is 2.86. The molecule has 0 bridgehead atoms. The Labute approximate surface area is 112 Å². The summed E-state index contributed by atoms with van der Waals surface area (Å²) in [7, 11) is 1.54. The van der Waals surface area contributed by atoms with Crippen LogP contribution in [0.4, 0.5) is 5.82 Å². The van der Waals surface area contributed by atoms with Gasteiger partial charge in [0.15, 0.2) is 11.5 Å². The van der Waals surface area contributed by atoms with Crippen molar-refractivity contribution >= 4 is 5.82 Å². The third-order valence-corrected chi connectivity index (χ3v) is 2.86. The van der Waals surface area contributed by atoms with Crippen molar-refractivity contribution in [2.24, 2.45) is 0 Å². The van der Waals surface area contributed by atoms with Gasteiger partial charge in [-0.15, -0.1) is 0 Å². The Morgan fingerprint density at radius 3 is 2.95 bits per heavy atom. The number of methoxy groups -OCH3 is 1. The fourth-order valence-electron chi connectivity index (χ4n) is 1.87. The third kappa shape index (κ3) is 3.19. The molecule has 102 valence electrons. The summed E-state index contributed by atoms with van der Waals surface area (Å²) < 4.78 is 6.97. The van der Waals surface area contributed by atoms with Crippen LogP contribution in [0.5, 0.6) is 11.5 Å². The van der Waals surface area contributed by atoms with Gasteiger partial charge in [0.1, 0.15) is 5.82 Å². The summed E-state index contributed by atoms with van der Waals surface area (Å²) in [6.45, 7) is 3.53. The van der Waals surface area contributed by atoms with Gasteiger partial charge in [-0.1, -0.05) is 19.1 Å². The fourth-order valence-corrected chi connectivity index (χ4v) is 1.87. The van der Waals surface area contributed by atoms with Crippen molar-refractivity contribution in [2.45, 2.75) is 26.4 Å².